The Bertz CT molecular complexity index is 420. The van der Waals surface area contributed by atoms with Crippen molar-refractivity contribution >= 4 is 28.5 Å². The van der Waals surface area contributed by atoms with Gasteiger partial charge in [0.1, 0.15) is 0 Å². The van der Waals surface area contributed by atoms with Crippen molar-refractivity contribution in [2.24, 2.45) is 0 Å². The van der Waals surface area contributed by atoms with Gasteiger partial charge in [-0.05, 0) is 53.6 Å². The number of fused-ring (bicyclic) bond motifs is 1. The fourth-order valence-electron chi connectivity index (χ4n) is 2.03. The van der Waals surface area contributed by atoms with Crippen LogP contribution in [0.25, 0.3) is 0 Å². The molecule has 0 fully saturated rings. The lowest BCUT2D eigenvalue weighted by atomic mass is 9.99. The molecule has 1 aliphatic heterocycles. The van der Waals surface area contributed by atoms with E-state index in [0.717, 1.165) is 22.1 Å². The summed E-state index contributed by atoms with van der Waals surface area (Å²) in [4.78, 5) is 14.1. The first-order chi connectivity index (χ1) is 8.22. The minimum Gasteiger partial charge on any atom is -0.380 e. The number of carbonyl (C=O) groups is 1. The second kappa shape index (κ2) is 5.82. The maximum Gasteiger partial charge on any atom is 0.254 e. The Morgan fingerprint density at radius 2 is 2.29 bits per heavy atom. The van der Waals surface area contributed by atoms with Crippen LogP contribution >= 0.6 is 22.6 Å². The fraction of sp³-hybridized carbons (Fsp3) is 0.462. The topological polar surface area (TPSA) is 29.5 Å². The second-order valence-electron chi connectivity index (χ2n) is 4.04. The van der Waals surface area contributed by atoms with E-state index in [9.17, 15) is 4.79 Å². The van der Waals surface area contributed by atoms with Gasteiger partial charge >= 0.3 is 0 Å². The fourth-order valence-corrected chi connectivity index (χ4v) is 2.52. The van der Waals surface area contributed by atoms with Crippen LogP contribution < -0.4 is 0 Å². The van der Waals surface area contributed by atoms with Crippen LogP contribution in [0.3, 0.4) is 0 Å². The number of rotatable bonds is 4. The van der Waals surface area contributed by atoms with Crippen molar-refractivity contribution in [3.8, 4) is 0 Å². The SMILES string of the molecule is CCOCCN1CCc2ccc(I)cc2C1=O. The molecule has 0 bridgehead atoms. The van der Waals surface area contributed by atoms with Gasteiger partial charge in [-0.15, -0.1) is 0 Å². The van der Waals surface area contributed by atoms with E-state index in [2.05, 4.69) is 34.7 Å². The molecule has 92 valence electrons. The molecular formula is C13H16INO2. The van der Waals surface area contributed by atoms with Gasteiger partial charge in [0.25, 0.3) is 5.91 Å². The number of halogens is 1. The molecule has 1 heterocycles. The first-order valence-corrected chi connectivity index (χ1v) is 6.95. The third-order valence-electron chi connectivity index (χ3n) is 2.95. The molecule has 0 radical (unpaired) electrons. The van der Waals surface area contributed by atoms with E-state index >= 15 is 0 Å². The minimum atomic E-state index is 0.143. The summed E-state index contributed by atoms with van der Waals surface area (Å²) in [5.41, 5.74) is 2.03. The number of nitrogens with zero attached hydrogens (tertiary/aromatic N) is 1. The molecule has 1 aromatic rings. The molecule has 0 spiro atoms. The van der Waals surface area contributed by atoms with Gasteiger partial charge in [-0.2, -0.15) is 0 Å². The van der Waals surface area contributed by atoms with Gasteiger partial charge in [-0.1, -0.05) is 6.07 Å². The van der Waals surface area contributed by atoms with Gasteiger partial charge in [0.2, 0.25) is 0 Å². The molecule has 0 N–H and O–H groups in total. The largest absolute Gasteiger partial charge is 0.380 e. The predicted octanol–water partition coefficient (Wildman–Crippen LogP) is 2.33. The highest BCUT2D eigenvalue weighted by molar-refractivity contribution is 14.1. The lowest BCUT2D eigenvalue weighted by molar-refractivity contribution is 0.0641. The highest BCUT2D eigenvalue weighted by Crippen LogP contribution is 2.21. The molecule has 1 aliphatic rings. The first kappa shape index (κ1) is 12.8. The summed E-state index contributed by atoms with van der Waals surface area (Å²) in [5.74, 6) is 0.143. The minimum absolute atomic E-state index is 0.143. The Kier molecular flexibility index (Phi) is 4.39. The molecule has 0 aliphatic carbocycles. The molecule has 0 atom stereocenters. The van der Waals surface area contributed by atoms with Crippen molar-refractivity contribution in [2.45, 2.75) is 13.3 Å². The van der Waals surface area contributed by atoms with Crippen molar-refractivity contribution in [1.29, 1.82) is 0 Å². The van der Waals surface area contributed by atoms with E-state index in [4.69, 9.17) is 4.74 Å². The maximum atomic E-state index is 12.2. The van der Waals surface area contributed by atoms with E-state index in [1.54, 1.807) is 0 Å². The van der Waals surface area contributed by atoms with E-state index in [1.165, 1.54) is 5.56 Å². The van der Waals surface area contributed by atoms with Crippen LogP contribution in [0.5, 0.6) is 0 Å². The van der Waals surface area contributed by atoms with Crippen LogP contribution in [0.4, 0.5) is 0 Å². The molecule has 17 heavy (non-hydrogen) atoms. The summed E-state index contributed by atoms with van der Waals surface area (Å²) in [6, 6.07) is 6.10. The van der Waals surface area contributed by atoms with Crippen molar-refractivity contribution in [3.63, 3.8) is 0 Å². The summed E-state index contributed by atoms with van der Waals surface area (Å²) in [5, 5.41) is 0. The number of benzene rings is 1. The summed E-state index contributed by atoms with van der Waals surface area (Å²) < 4.78 is 6.41. The maximum absolute atomic E-state index is 12.2. The van der Waals surface area contributed by atoms with Crippen molar-refractivity contribution in [3.05, 3.63) is 32.9 Å². The molecular weight excluding hydrogens is 329 g/mol. The van der Waals surface area contributed by atoms with E-state index in [1.807, 2.05) is 17.9 Å². The Hall–Kier alpha value is -0.620. The molecule has 0 saturated heterocycles. The monoisotopic (exact) mass is 345 g/mol. The number of hydrogen-bond acceptors (Lipinski definition) is 2. The van der Waals surface area contributed by atoms with Crippen LogP contribution in [0.2, 0.25) is 0 Å². The highest BCUT2D eigenvalue weighted by atomic mass is 127. The summed E-state index contributed by atoms with van der Waals surface area (Å²) in [6.45, 7) is 4.80. The van der Waals surface area contributed by atoms with Gasteiger partial charge in [0.05, 0.1) is 6.61 Å². The van der Waals surface area contributed by atoms with Crippen LogP contribution in [-0.4, -0.2) is 37.1 Å². The highest BCUT2D eigenvalue weighted by Gasteiger charge is 2.23. The van der Waals surface area contributed by atoms with Crippen molar-refractivity contribution in [1.82, 2.24) is 4.90 Å². The van der Waals surface area contributed by atoms with Gasteiger partial charge in [-0.25, -0.2) is 0 Å². The summed E-state index contributed by atoms with van der Waals surface area (Å²) in [6.07, 6.45) is 0.949. The lowest BCUT2D eigenvalue weighted by Gasteiger charge is -2.28. The predicted molar refractivity (Wildman–Crippen MR) is 75.3 cm³/mol. The van der Waals surface area contributed by atoms with Crippen LogP contribution in [0.15, 0.2) is 18.2 Å². The third-order valence-corrected chi connectivity index (χ3v) is 3.62. The van der Waals surface area contributed by atoms with E-state index in [-0.39, 0.29) is 5.91 Å². The van der Waals surface area contributed by atoms with Crippen LogP contribution in [-0.2, 0) is 11.2 Å². The van der Waals surface area contributed by atoms with Crippen LogP contribution in [0.1, 0.15) is 22.8 Å². The Morgan fingerprint density at radius 1 is 1.47 bits per heavy atom. The van der Waals surface area contributed by atoms with Gasteiger partial charge < -0.3 is 9.64 Å². The number of hydrogen-bond donors (Lipinski definition) is 0. The van der Waals surface area contributed by atoms with Gasteiger partial charge in [0.15, 0.2) is 0 Å². The van der Waals surface area contributed by atoms with E-state index in [0.29, 0.717) is 19.8 Å². The van der Waals surface area contributed by atoms with Crippen LogP contribution in [0, 0.1) is 3.57 Å². The Balaban J connectivity index is 2.09. The Morgan fingerprint density at radius 3 is 3.06 bits per heavy atom. The molecule has 0 aromatic heterocycles. The third kappa shape index (κ3) is 2.98. The average molecular weight is 345 g/mol. The number of amides is 1. The lowest BCUT2D eigenvalue weighted by Crippen LogP contribution is -2.39. The quantitative estimate of drug-likeness (QED) is 0.619. The van der Waals surface area contributed by atoms with Gasteiger partial charge in [-0.3, -0.25) is 4.79 Å². The molecule has 1 aromatic carbocycles. The molecule has 4 heteroatoms. The molecule has 2 rings (SSSR count). The van der Waals surface area contributed by atoms with Crippen molar-refractivity contribution in [2.75, 3.05) is 26.3 Å². The Labute approximate surface area is 115 Å². The van der Waals surface area contributed by atoms with Crippen molar-refractivity contribution < 1.29 is 9.53 Å². The zero-order valence-corrected chi connectivity index (χ0v) is 12.1. The molecule has 0 saturated carbocycles. The normalized spacial score (nSPS) is 14.9. The summed E-state index contributed by atoms with van der Waals surface area (Å²) in [7, 11) is 0. The average Bonchev–Trinajstić information content (AvgIpc) is 2.33. The number of carbonyl (C=O) groups excluding carboxylic acids is 1. The number of ether oxygens (including phenoxy) is 1. The standard InChI is InChI=1S/C13H16INO2/c1-2-17-8-7-15-6-5-10-3-4-11(14)9-12(10)13(15)16/h3-4,9H,2,5-8H2,1H3. The zero-order valence-electron chi connectivity index (χ0n) is 9.91. The van der Waals surface area contributed by atoms with E-state index < -0.39 is 0 Å². The molecule has 3 nitrogen and oxygen atoms in total. The zero-order chi connectivity index (χ0) is 12.3. The van der Waals surface area contributed by atoms with Gasteiger partial charge in [0, 0.05) is 28.8 Å². The summed E-state index contributed by atoms with van der Waals surface area (Å²) >= 11 is 2.24. The molecule has 1 amide bonds. The smallest absolute Gasteiger partial charge is 0.254 e. The second-order valence-corrected chi connectivity index (χ2v) is 5.29. The first-order valence-electron chi connectivity index (χ1n) is 5.88. The molecule has 0 unspecified atom stereocenters.